The highest BCUT2D eigenvalue weighted by Crippen LogP contribution is 2.52. The number of benzene rings is 2. The van der Waals surface area contributed by atoms with Crippen molar-refractivity contribution in [3.63, 3.8) is 0 Å². The number of amides is 7. The summed E-state index contributed by atoms with van der Waals surface area (Å²) >= 11 is 0. The van der Waals surface area contributed by atoms with Crippen molar-refractivity contribution >= 4 is 53.4 Å². The highest BCUT2D eigenvalue weighted by atomic mass is 16.7. The van der Waals surface area contributed by atoms with E-state index in [0.717, 1.165) is 30.6 Å². The minimum absolute atomic E-state index is 0.0932. The van der Waals surface area contributed by atoms with Crippen molar-refractivity contribution in [1.29, 1.82) is 0 Å². The Labute approximate surface area is 545 Å². The highest BCUT2D eigenvalue weighted by molar-refractivity contribution is 5.93. The van der Waals surface area contributed by atoms with Crippen LogP contribution in [-0.2, 0) is 59.1 Å². The standard InChI is InChI=1S/C67H99N7O19/c1-13-38(6)54(49(88-11)33-51(76)74-31-21-26-47(74)59(89-12)39(7)61(81)69-40(8)55(77)42-22-17-16-18-23-42)72(9)63(83)52(36(2)3)71-62(82)53(37(4)5)73(10)67(87)91-34-41-27-28-48(92-65-58(80)56(78)57(79)60(93-65)64(84)85)46(32-41)70-50(75)29-30-68-66(86)90-35-45-43-24-19-14-15-20-25-44(43)45/h16-18,22-23,27-28,32,36-40,43-45,47,49,52-60,65,77-80H,13,19-21,24-26,29-31,33-35H2,1-12H3,(H,68,86)(H,69,81)(H,70,75)(H,71,82)(H,84,85)/t38-,39+,40+,43?,44?,45?,47-,49+,52-,53-,54-,55+,56-,57-,58?,59+,60?,65+/m0/s1. The lowest BCUT2D eigenvalue weighted by Gasteiger charge is -2.41. The van der Waals surface area contributed by atoms with Crippen molar-refractivity contribution in [3.8, 4) is 17.6 Å². The predicted molar refractivity (Wildman–Crippen MR) is 339 cm³/mol. The molecule has 6 rings (SSSR count). The SMILES string of the molecule is CC[C@H](C)[C@@H]([C@@H](CC(=O)N1CCC[C@H]1[C@H](OC)[C@@H](C)C(=O)N[C@H](C)[C@@H](O)c1ccccc1)OC)N(C)C(=O)[C@@H](NC(=O)[C@H](C(C)C)N(C)C(=O)OCc1ccc(O[C@@H]2OC(C(=O)O)[C@@H](O)[C@H](O)C2O)c(NC(=O)CCNC(=O)OCC2C3CCC#CCCC32)c1)C(C)C. The van der Waals surface area contributed by atoms with Crippen LogP contribution in [0, 0.1) is 53.3 Å². The summed E-state index contributed by atoms with van der Waals surface area (Å²) in [7, 11) is 5.96. The Morgan fingerprint density at radius 1 is 0.796 bits per heavy atom. The Morgan fingerprint density at radius 2 is 1.46 bits per heavy atom. The largest absolute Gasteiger partial charge is 0.479 e. The van der Waals surface area contributed by atoms with Crippen LogP contribution in [0.15, 0.2) is 48.5 Å². The molecular weight excluding hydrogens is 1210 g/mol. The normalized spacial score (nSPS) is 24.6. The summed E-state index contributed by atoms with van der Waals surface area (Å²) in [6.07, 6.45) is -8.96. The summed E-state index contributed by atoms with van der Waals surface area (Å²) < 4.78 is 34.4. The van der Waals surface area contributed by atoms with Crippen LogP contribution in [0.5, 0.6) is 5.75 Å². The number of anilines is 1. The van der Waals surface area contributed by atoms with Gasteiger partial charge in [0, 0.05) is 60.7 Å². The molecule has 26 nitrogen and oxygen atoms in total. The molecule has 0 spiro atoms. The maximum atomic E-state index is 14.9. The summed E-state index contributed by atoms with van der Waals surface area (Å²) in [5.41, 5.74) is 0.824. The Kier molecular flexibility index (Phi) is 28.1. The zero-order valence-corrected chi connectivity index (χ0v) is 55.7. The molecule has 17 atom stereocenters. The predicted octanol–water partition coefficient (Wildman–Crippen LogP) is 4.34. The average Bonchev–Trinajstić information content (AvgIpc) is 1.72. The summed E-state index contributed by atoms with van der Waals surface area (Å²) in [5.74, 6) is 1.34. The van der Waals surface area contributed by atoms with Gasteiger partial charge in [-0.1, -0.05) is 91.3 Å². The molecule has 2 aliphatic carbocycles. The molecule has 2 heterocycles. The number of hydrogen-bond donors (Lipinski definition) is 9. The molecule has 7 amide bonds. The summed E-state index contributed by atoms with van der Waals surface area (Å²) in [5, 5.41) is 63.2. The lowest BCUT2D eigenvalue weighted by atomic mass is 9.89. The number of nitrogens with one attached hydrogen (secondary N) is 4. The Balaban J connectivity index is 1.10. The van der Waals surface area contributed by atoms with Gasteiger partial charge in [-0.2, -0.15) is 0 Å². The summed E-state index contributed by atoms with van der Waals surface area (Å²) in [6.45, 7) is 14.4. The van der Waals surface area contributed by atoms with E-state index in [1.807, 2.05) is 32.0 Å². The van der Waals surface area contributed by atoms with Gasteiger partial charge in [0.1, 0.15) is 42.8 Å². The van der Waals surface area contributed by atoms with E-state index in [4.69, 9.17) is 28.4 Å². The molecule has 2 aromatic carbocycles. The average molecular weight is 1310 g/mol. The van der Waals surface area contributed by atoms with Crippen molar-refractivity contribution in [2.75, 3.05) is 53.3 Å². The van der Waals surface area contributed by atoms with Gasteiger partial charge in [0.05, 0.1) is 61.1 Å². The maximum absolute atomic E-state index is 14.9. The van der Waals surface area contributed by atoms with Crippen molar-refractivity contribution in [3.05, 3.63) is 59.7 Å². The van der Waals surface area contributed by atoms with E-state index in [-0.39, 0.29) is 66.6 Å². The van der Waals surface area contributed by atoms with Crippen LogP contribution < -0.4 is 26.0 Å². The molecule has 93 heavy (non-hydrogen) atoms. The van der Waals surface area contributed by atoms with Crippen molar-refractivity contribution in [2.45, 2.75) is 199 Å². The molecule has 9 N–H and O–H groups in total. The highest BCUT2D eigenvalue weighted by Gasteiger charge is 2.51. The third-order valence-electron chi connectivity index (χ3n) is 18.7. The fraction of sp³-hybridized carbons (Fsp3) is 0.672. The third kappa shape index (κ3) is 19.5. The van der Waals surface area contributed by atoms with Crippen LogP contribution in [0.2, 0.25) is 0 Å². The zero-order valence-electron chi connectivity index (χ0n) is 55.7. The number of likely N-dealkylation sites (tertiary alicyclic amines) is 1. The number of nitrogens with zero attached hydrogens (tertiary/aromatic N) is 3. The van der Waals surface area contributed by atoms with Crippen molar-refractivity contribution in [2.24, 2.45) is 41.4 Å². The number of carbonyl (C=O) groups is 8. The second kappa shape index (κ2) is 34.9. The van der Waals surface area contributed by atoms with Crippen LogP contribution in [0.3, 0.4) is 0 Å². The Bertz CT molecular complexity index is 2910. The molecule has 2 aromatic rings. The van der Waals surface area contributed by atoms with Crippen molar-refractivity contribution < 1.29 is 92.3 Å². The maximum Gasteiger partial charge on any atom is 0.410 e. The molecule has 516 valence electrons. The van der Waals surface area contributed by atoms with Gasteiger partial charge in [-0.15, -0.1) is 11.8 Å². The minimum Gasteiger partial charge on any atom is -0.479 e. The van der Waals surface area contributed by atoms with Crippen molar-refractivity contribution in [1.82, 2.24) is 30.7 Å². The molecule has 0 radical (unpaired) electrons. The molecule has 0 aromatic heterocycles. The number of aliphatic carboxylic acids is 1. The van der Waals surface area contributed by atoms with E-state index >= 15 is 0 Å². The van der Waals surface area contributed by atoms with Gasteiger partial charge in [0.2, 0.25) is 35.8 Å². The third-order valence-corrected chi connectivity index (χ3v) is 18.7. The van der Waals surface area contributed by atoms with Crippen LogP contribution in [0.4, 0.5) is 15.3 Å². The van der Waals surface area contributed by atoms with Gasteiger partial charge in [0.15, 0.2) is 6.10 Å². The van der Waals surface area contributed by atoms with Gasteiger partial charge in [0.25, 0.3) is 0 Å². The van der Waals surface area contributed by atoms with Crippen LogP contribution in [0.25, 0.3) is 0 Å². The molecule has 4 unspecified atom stereocenters. The van der Waals surface area contributed by atoms with E-state index in [1.165, 1.54) is 44.4 Å². The first-order valence-electron chi connectivity index (χ1n) is 32.4. The quantitative estimate of drug-likeness (QED) is 0.0474. The van der Waals surface area contributed by atoms with Crippen LogP contribution in [-0.4, -0.2) is 209 Å². The molecule has 0 bridgehead atoms. The monoisotopic (exact) mass is 1310 g/mol. The molecule has 26 heteroatoms. The topological polar surface area (TPSA) is 351 Å². The number of likely N-dealkylation sites (N-methyl/N-ethyl adjacent to an activating group) is 2. The van der Waals surface area contributed by atoms with Gasteiger partial charge < -0.3 is 85.0 Å². The van der Waals surface area contributed by atoms with E-state index in [1.54, 1.807) is 65.6 Å². The second-order valence-corrected chi connectivity index (χ2v) is 25.8. The first-order chi connectivity index (χ1) is 44.1. The van der Waals surface area contributed by atoms with E-state index < -0.39 is 139 Å². The summed E-state index contributed by atoms with van der Waals surface area (Å²) in [4.78, 5) is 114. The van der Waals surface area contributed by atoms with Crippen LogP contribution >= 0.6 is 0 Å². The number of alkyl carbamates (subject to hydrolysis) is 1. The van der Waals surface area contributed by atoms with E-state index in [0.29, 0.717) is 43.2 Å². The molecule has 1 saturated carbocycles. The number of carbonyl (C=O) groups excluding carboxylic acids is 7. The van der Waals surface area contributed by atoms with Gasteiger partial charge in [-0.25, -0.2) is 14.4 Å². The number of hydrogen-bond acceptors (Lipinski definition) is 18. The number of fused-ring (bicyclic) bond motifs is 1. The zero-order chi connectivity index (χ0) is 68.5. The van der Waals surface area contributed by atoms with Gasteiger partial charge in [-0.3, -0.25) is 28.9 Å². The van der Waals surface area contributed by atoms with E-state index in [2.05, 4.69) is 33.1 Å². The first kappa shape index (κ1) is 74.9. The number of carboxylic acid groups (broad SMARTS) is 1. The minimum atomic E-state index is -2.01. The Morgan fingerprint density at radius 3 is 2.06 bits per heavy atom. The number of rotatable bonds is 31. The number of aliphatic hydroxyl groups is 4. The first-order valence-corrected chi connectivity index (χ1v) is 32.4. The molecule has 2 saturated heterocycles. The molecule has 3 fully saturated rings. The smallest absolute Gasteiger partial charge is 0.410 e. The lowest BCUT2D eigenvalue weighted by Crippen LogP contribution is -2.61. The number of methoxy groups -OCH3 is 2. The van der Waals surface area contributed by atoms with Gasteiger partial charge >= 0.3 is 18.2 Å². The van der Waals surface area contributed by atoms with E-state index in [9.17, 15) is 63.9 Å². The fourth-order valence-electron chi connectivity index (χ4n) is 13.1. The number of carboxylic acids is 1. The molecule has 2 aliphatic heterocycles. The van der Waals surface area contributed by atoms with Crippen LogP contribution in [0.1, 0.15) is 130 Å². The summed E-state index contributed by atoms with van der Waals surface area (Å²) in [6, 6.07) is 9.05. The molecular formula is C67H99N7O19. The number of ether oxygens (including phenoxy) is 6. The molecule has 4 aliphatic rings. The fourth-order valence-corrected chi connectivity index (χ4v) is 13.1. The Hall–Kier alpha value is -7.12. The second-order valence-electron chi connectivity index (χ2n) is 25.8. The van der Waals surface area contributed by atoms with Gasteiger partial charge in [-0.05, 0) is 91.4 Å². The lowest BCUT2D eigenvalue weighted by molar-refractivity contribution is -0.271. The number of aliphatic hydroxyl groups excluding tert-OH is 4.